The molecule has 0 radical (unpaired) electrons. The Hall–Kier alpha value is -2.88. The van der Waals surface area contributed by atoms with E-state index in [4.69, 9.17) is 4.99 Å². The number of rotatable bonds is 2. The first-order valence-corrected chi connectivity index (χ1v) is 8.03. The maximum atomic E-state index is 4.79. The number of anilines is 1. The molecule has 3 aromatic rings. The lowest BCUT2D eigenvalue weighted by atomic mass is 10.2. The van der Waals surface area contributed by atoms with Gasteiger partial charge in [-0.3, -0.25) is 4.57 Å². The molecule has 0 bridgehead atoms. The Bertz CT molecular complexity index is 856. The van der Waals surface area contributed by atoms with E-state index in [2.05, 4.69) is 60.5 Å². The van der Waals surface area contributed by atoms with Gasteiger partial charge in [-0.1, -0.05) is 35.4 Å². The van der Waals surface area contributed by atoms with Crippen molar-refractivity contribution in [3.05, 3.63) is 77.4 Å². The van der Waals surface area contributed by atoms with Gasteiger partial charge in [-0.05, 0) is 52.0 Å². The van der Waals surface area contributed by atoms with Gasteiger partial charge in [0, 0.05) is 11.4 Å². The molecule has 4 heteroatoms. The summed E-state index contributed by atoms with van der Waals surface area (Å²) in [6.07, 6.45) is 1.80. The summed E-state index contributed by atoms with van der Waals surface area (Å²) in [4.78, 5) is 9.18. The lowest BCUT2D eigenvalue weighted by Crippen LogP contribution is -2.22. The molecule has 4 nitrogen and oxygen atoms in total. The minimum atomic E-state index is 0.737. The van der Waals surface area contributed by atoms with E-state index in [-0.39, 0.29) is 0 Å². The summed E-state index contributed by atoms with van der Waals surface area (Å²) < 4.78 is 1.98. The Labute approximate surface area is 142 Å². The third-order valence-corrected chi connectivity index (χ3v) is 4.06. The normalized spacial score (nSPS) is 11.6. The minimum absolute atomic E-state index is 0.737. The maximum Gasteiger partial charge on any atom is 0.213 e. The summed E-state index contributed by atoms with van der Waals surface area (Å²) in [5.41, 5.74) is 6.42. The molecule has 0 atom stereocenters. The van der Waals surface area contributed by atoms with E-state index >= 15 is 0 Å². The second-order valence-corrected chi connectivity index (χ2v) is 6.05. The average Bonchev–Trinajstić information content (AvgIpc) is 2.90. The zero-order valence-electron chi connectivity index (χ0n) is 14.5. The van der Waals surface area contributed by atoms with Gasteiger partial charge in [0.1, 0.15) is 6.33 Å². The van der Waals surface area contributed by atoms with Crippen LogP contribution in [0.3, 0.4) is 0 Å². The first-order valence-electron chi connectivity index (χ1n) is 8.03. The quantitative estimate of drug-likeness (QED) is 0.546. The van der Waals surface area contributed by atoms with E-state index in [1.807, 2.05) is 30.5 Å². The summed E-state index contributed by atoms with van der Waals surface area (Å²) in [5.74, 6) is 0.737. The lowest BCUT2D eigenvalue weighted by Gasteiger charge is -2.13. The molecule has 1 heterocycles. The number of nitrogens with one attached hydrogen (secondary N) is 1. The Balaban J connectivity index is 2.01. The van der Waals surface area contributed by atoms with Gasteiger partial charge in [0.25, 0.3) is 0 Å². The van der Waals surface area contributed by atoms with Crippen LogP contribution in [0.5, 0.6) is 0 Å². The van der Waals surface area contributed by atoms with Crippen LogP contribution in [0.1, 0.15) is 22.5 Å². The highest BCUT2D eigenvalue weighted by Gasteiger charge is 2.09. The Morgan fingerprint density at radius 3 is 2.00 bits per heavy atom. The van der Waals surface area contributed by atoms with Crippen LogP contribution in [0.15, 0.2) is 59.9 Å². The van der Waals surface area contributed by atoms with Crippen LogP contribution in [0.25, 0.3) is 0 Å². The van der Waals surface area contributed by atoms with Crippen molar-refractivity contribution < 1.29 is 0 Å². The fraction of sp³-hybridized carbons (Fsp3) is 0.200. The molecule has 3 rings (SSSR count). The molecular formula is C20H22N4. The molecular weight excluding hydrogens is 296 g/mol. The zero-order valence-corrected chi connectivity index (χ0v) is 14.5. The molecule has 0 saturated carbocycles. The molecule has 24 heavy (non-hydrogen) atoms. The maximum absolute atomic E-state index is 4.79. The fourth-order valence-electron chi connectivity index (χ4n) is 2.36. The Kier molecular flexibility index (Phi) is 4.47. The second kappa shape index (κ2) is 6.71. The highest BCUT2D eigenvalue weighted by molar-refractivity contribution is 5.97. The van der Waals surface area contributed by atoms with Crippen molar-refractivity contribution in [3.8, 4) is 0 Å². The Morgan fingerprint density at radius 1 is 0.875 bits per heavy atom. The number of hydrogen-bond donors (Lipinski definition) is 1. The Morgan fingerprint density at radius 2 is 1.46 bits per heavy atom. The van der Waals surface area contributed by atoms with Crippen LogP contribution in [-0.4, -0.2) is 15.5 Å². The van der Waals surface area contributed by atoms with Crippen molar-refractivity contribution in [2.24, 2.45) is 4.99 Å². The second-order valence-electron chi connectivity index (χ2n) is 6.05. The van der Waals surface area contributed by atoms with Crippen molar-refractivity contribution in [1.82, 2.24) is 9.55 Å². The van der Waals surface area contributed by atoms with Crippen LogP contribution in [-0.2, 0) is 0 Å². The number of nitrogens with zero attached hydrogens (tertiary/aromatic N) is 3. The van der Waals surface area contributed by atoms with Crippen LogP contribution < -0.4 is 5.32 Å². The highest BCUT2D eigenvalue weighted by atomic mass is 15.2. The molecule has 0 saturated heterocycles. The van der Waals surface area contributed by atoms with Crippen LogP contribution >= 0.6 is 0 Å². The summed E-state index contributed by atoms with van der Waals surface area (Å²) in [7, 11) is 0. The summed E-state index contributed by atoms with van der Waals surface area (Å²) in [6, 6.07) is 16.4. The lowest BCUT2D eigenvalue weighted by molar-refractivity contribution is 1.05. The predicted octanol–water partition coefficient (Wildman–Crippen LogP) is 4.76. The van der Waals surface area contributed by atoms with Crippen molar-refractivity contribution in [1.29, 1.82) is 0 Å². The van der Waals surface area contributed by atoms with E-state index in [9.17, 15) is 0 Å². The predicted molar refractivity (Wildman–Crippen MR) is 100 cm³/mol. The van der Waals surface area contributed by atoms with Gasteiger partial charge in [0.15, 0.2) is 0 Å². The average molecular weight is 318 g/mol. The minimum Gasteiger partial charge on any atom is -0.325 e. The van der Waals surface area contributed by atoms with Gasteiger partial charge in [0.2, 0.25) is 5.96 Å². The third-order valence-electron chi connectivity index (χ3n) is 4.06. The molecule has 0 aliphatic heterocycles. The first kappa shape index (κ1) is 16.0. The molecule has 0 aliphatic rings. The van der Waals surface area contributed by atoms with Gasteiger partial charge in [-0.15, -0.1) is 0 Å². The monoisotopic (exact) mass is 318 g/mol. The van der Waals surface area contributed by atoms with Crippen LogP contribution in [0.2, 0.25) is 0 Å². The van der Waals surface area contributed by atoms with Gasteiger partial charge < -0.3 is 5.32 Å². The molecule has 0 unspecified atom stereocenters. The van der Waals surface area contributed by atoms with Gasteiger partial charge in [0.05, 0.1) is 11.4 Å². The molecule has 0 spiro atoms. The van der Waals surface area contributed by atoms with Crippen molar-refractivity contribution in [3.63, 3.8) is 0 Å². The van der Waals surface area contributed by atoms with E-state index < -0.39 is 0 Å². The molecule has 2 aromatic carbocycles. The third kappa shape index (κ3) is 3.54. The van der Waals surface area contributed by atoms with Gasteiger partial charge in [-0.2, -0.15) is 0 Å². The highest BCUT2D eigenvalue weighted by Crippen LogP contribution is 2.16. The standard InChI is InChI=1S/C20H22N4/c1-14-5-9-18(10-6-14)22-20(24-13-21-16(3)17(24)4)23-19-11-7-15(2)8-12-19/h5-13H,1-4H3,(H,22,23). The molecule has 1 aromatic heterocycles. The van der Waals surface area contributed by atoms with Crippen molar-refractivity contribution in [2.75, 3.05) is 5.32 Å². The van der Waals surface area contributed by atoms with Crippen LogP contribution in [0, 0.1) is 27.7 Å². The fourth-order valence-corrected chi connectivity index (χ4v) is 2.36. The van der Waals surface area contributed by atoms with E-state index in [0.717, 1.165) is 28.7 Å². The first-order chi connectivity index (χ1) is 11.5. The summed E-state index contributed by atoms with van der Waals surface area (Å²) >= 11 is 0. The summed E-state index contributed by atoms with van der Waals surface area (Å²) in [5, 5.41) is 3.41. The molecule has 0 fully saturated rings. The summed E-state index contributed by atoms with van der Waals surface area (Å²) in [6.45, 7) is 8.20. The topological polar surface area (TPSA) is 42.2 Å². The zero-order chi connectivity index (χ0) is 17.1. The van der Waals surface area contributed by atoms with Gasteiger partial charge in [-0.25, -0.2) is 9.98 Å². The number of aryl methyl sites for hydroxylation is 3. The number of benzene rings is 2. The van der Waals surface area contributed by atoms with E-state index in [1.54, 1.807) is 6.33 Å². The number of aliphatic imine (C=N–C) groups is 1. The van der Waals surface area contributed by atoms with Crippen LogP contribution in [0.4, 0.5) is 11.4 Å². The number of hydrogen-bond acceptors (Lipinski definition) is 2. The molecule has 0 aliphatic carbocycles. The number of imidazole rings is 1. The van der Waals surface area contributed by atoms with Gasteiger partial charge >= 0.3 is 0 Å². The van der Waals surface area contributed by atoms with Crippen molar-refractivity contribution in [2.45, 2.75) is 27.7 Å². The van der Waals surface area contributed by atoms with E-state index in [1.165, 1.54) is 11.1 Å². The van der Waals surface area contributed by atoms with E-state index in [0.29, 0.717) is 0 Å². The smallest absolute Gasteiger partial charge is 0.213 e. The molecule has 1 N–H and O–H groups in total. The largest absolute Gasteiger partial charge is 0.325 e. The molecule has 0 amide bonds. The number of aromatic nitrogens is 2. The molecule has 122 valence electrons. The van der Waals surface area contributed by atoms with Crippen molar-refractivity contribution >= 4 is 17.3 Å². The SMILES string of the molecule is Cc1ccc(N=C(Nc2ccc(C)cc2)n2cnc(C)c2C)cc1.